The van der Waals surface area contributed by atoms with Gasteiger partial charge in [-0.3, -0.25) is 4.79 Å². The third-order valence-electron chi connectivity index (χ3n) is 4.71. The third kappa shape index (κ3) is 4.60. The van der Waals surface area contributed by atoms with E-state index in [0.717, 1.165) is 34.5 Å². The number of benzene rings is 2. The van der Waals surface area contributed by atoms with E-state index in [4.69, 9.17) is 5.73 Å². The van der Waals surface area contributed by atoms with Crippen LogP contribution in [-0.2, 0) is 23.8 Å². The van der Waals surface area contributed by atoms with Crippen molar-refractivity contribution < 1.29 is 18.0 Å². The molecule has 0 saturated heterocycles. The molecule has 0 unspecified atom stereocenters. The van der Waals surface area contributed by atoms with Crippen molar-refractivity contribution in [2.75, 3.05) is 17.2 Å². The monoisotopic (exact) mass is 433 g/mol. The van der Waals surface area contributed by atoms with Crippen molar-refractivity contribution in [3.8, 4) is 11.4 Å². The maximum Gasteiger partial charge on any atom is 0.416 e. The molecule has 1 aromatic heterocycles. The Balaban J connectivity index is 1.33. The molecular weight excluding hydrogens is 415 g/mol. The molecule has 0 fully saturated rings. The van der Waals surface area contributed by atoms with Crippen LogP contribution < -0.4 is 16.4 Å². The first-order chi connectivity index (χ1) is 14.3. The zero-order chi connectivity index (χ0) is 21.3. The van der Waals surface area contributed by atoms with Crippen molar-refractivity contribution in [3.05, 3.63) is 59.2 Å². The highest BCUT2D eigenvalue weighted by molar-refractivity contribution is 7.09. The van der Waals surface area contributed by atoms with Gasteiger partial charge in [0.1, 0.15) is 0 Å². The molecule has 2 aromatic carbocycles. The van der Waals surface area contributed by atoms with E-state index in [-0.39, 0.29) is 11.9 Å². The number of hydrogen-bond donors (Lipinski definition) is 3. The number of hydrogen-bond acceptors (Lipinski definition) is 6. The van der Waals surface area contributed by atoms with Gasteiger partial charge in [0.2, 0.25) is 11.0 Å². The van der Waals surface area contributed by atoms with Crippen LogP contribution in [0.5, 0.6) is 0 Å². The van der Waals surface area contributed by atoms with E-state index in [1.54, 1.807) is 0 Å². The molecule has 0 radical (unpaired) electrons. The molecule has 1 amide bonds. The lowest BCUT2D eigenvalue weighted by Gasteiger charge is -2.13. The Morgan fingerprint density at radius 3 is 2.70 bits per heavy atom. The summed E-state index contributed by atoms with van der Waals surface area (Å²) in [5.41, 5.74) is 8.71. The first kappa shape index (κ1) is 20.3. The number of rotatable bonds is 6. The molecule has 10 heteroatoms. The summed E-state index contributed by atoms with van der Waals surface area (Å²) >= 11 is 1.20. The van der Waals surface area contributed by atoms with Crippen molar-refractivity contribution in [2.45, 2.75) is 25.1 Å². The second kappa shape index (κ2) is 8.04. The zero-order valence-corrected chi connectivity index (χ0v) is 16.5. The molecule has 4 rings (SSSR count). The Morgan fingerprint density at radius 2 is 1.97 bits per heavy atom. The number of halogens is 3. The molecule has 0 aliphatic carbocycles. The van der Waals surface area contributed by atoms with Gasteiger partial charge >= 0.3 is 6.18 Å². The summed E-state index contributed by atoms with van der Waals surface area (Å²) < 4.78 is 42.2. The Hall–Kier alpha value is -2.98. The Labute approximate surface area is 174 Å². The summed E-state index contributed by atoms with van der Waals surface area (Å²) in [6, 6.07) is 10.3. The van der Waals surface area contributed by atoms with E-state index >= 15 is 0 Å². The number of alkyl halides is 3. The minimum absolute atomic E-state index is 0.0298. The molecule has 30 heavy (non-hydrogen) atoms. The van der Waals surface area contributed by atoms with Crippen LogP contribution in [0.25, 0.3) is 11.4 Å². The molecule has 1 atom stereocenters. The number of nitrogens with zero attached hydrogens (tertiary/aromatic N) is 2. The predicted octanol–water partition coefficient (Wildman–Crippen LogP) is 3.70. The van der Waals surface area contributed by atoms with Gasteiger partial charge in [0.25, 0.3) is 0 Å². The lowest BCUT2D eigenvalue weighted by atomic mass is 10.0. The summed E-state index contributed by atoms with van der Waals surface area (Å²) in [7, 11) is 0. The molecule has 6 nitrogen and oxygen atoms in total. The van der Waals surface area contributed by atoms with Crippen LogP contribution in [0.3, 0.4) is 0 Å². The number of nitrogens with two attached hydrogens (primary N) is 1. The van der Waals surface area contributed by atoms with Crippen LogP contribution in [0.2, 0.25) is 0 Å². The fraction of sp³-hybridized carbons (Fsp3) is 0.250. The zero-order valence-electron chi connectivity index (χ0n) is 15.7. The first-order valence-electron chi connectivity index (χ1n) is 9.20. The van der Waals surface area contributed by atoms with E-state index < -0.39 is 11.7 Å². The van der Waals surface area contributed by atoms with Gasteiger partial charge < -0.3 is 16.4 Å². The van der Waals surface area contributed by atoms with Crippen LogP contribution in [0.1, 0.15) is 16.7 Å². The fourth-order valence-corrected chi connectivity index (χ4v) is 3.80. The minimum Gasteiger partial charge on any atom is -0.359 e. The highest BCUT2D eigenvalue weighted by atomic mass is 32.1. The van der Waals surface area contributed by atoms with Crippen LogP contribution >= 0.6 is 11.5 Å². The molecule has 0 saturated carbocycles. The van der Waals surface area contributed by atoms with Crippen LogP contribution in [-0.4, -0.2) is 27.9 Å². The van der Waals surface area contributed by atoms with Gasteiger partial charge in [-0.15, -0.1) is 0 Å². The number of carbonyl (C=O) groups excluding carboxylic acids is 1. The Kier molecular flexibility index (Phi) is 5.44. The van der Waals surface area contributed by atoms with Crippen molar-refractivity contribution in [3.63, 3.8) is 0 Å². The highest BCUT2D eigenvalue weighted by Crippen LogP contribution is 2.30. The maximum atomic E-state index is 12.6. The molecule has 2 heterocycles. The normalized spacial score (nSPS) is 14.3. The number of carbonyl (C=O) groups is 1. The first-order valence-corrected chi connectivity index (χ1v) is 9.98. The van der Waals surface area contributed by atoms with Crippen molar-refractivity contribution in [2.24, 2.45) is 5.73 Å². The second-order valence-corrected chi connectivity index (χ2v) is 7.81. The molecule has 156 valence electrons. The lowest BCUT2D eigenvalue weighted by Crippen LogP contribution is -2.31. The van der Waals surface area contributed by atoms with Gasteiger partial charge in [-0.25, -0.2) is 0 Å². The SMILES string of the molecule is N[C@H](CNc1nc(-c2ccc3c(c2)CC(=O)N3)ns1)Cc1ccc(C(F)(F)F)cc1. The molecule has 1 aliphatic rings. The van der Waals surface area contributed by atoms with Crippen molar-refractivity contribution in [1.82, 2.24) is 9.36 Å². The van der Waals surface area contributed by atoms with E-state index in [1.165, 1.54) is 23.7 Å². The van der Waals surface area contributed by atoms with Gasteiger partial charge in [0.05, 0.1) is 12.0 Å². The average Bonchev–Trinajstić information content (AvgIpc) is 3.31. The van der Waals surface area contributed by atoms with E-state index in [9.17, 15) is 18.0 Å². The summed E-state index contributed by atoms with van der Waals surface area (Å²) in [4.78, 5) is 15.9. The molecule has 4 N–H and O–H groups in total. The quantitative estimate of drug-likeness (QED) is 0.551. The highest BCUT2D eigenvalue weighted by Gasteiger charge is 2.30. The van der Waals surface area contributed by atoms with Gasteiger partial charge in [-0.2, -0.15) is 22.5 Å². The topological polar surface area (TPSA) is 92.9 Å². The van der Waals surface area contributed by atoms with E-state index in [2.05, 4.69) is 20.0 Å². The predicted molar refractivity (Wildman–Crippen MR) is 109 cm³/mol. The smallest absolute Gasteiger partial charge is 0.359 e. The summed E-state index contributed by atoms with van der Waals surface area (Å²) in [5.74, 6) is 0.527. The van der Waals surface area contributed by atoms with Crippen molar-refractivity contribution in [1.29, 1.82) is 0 Å². The molecule has 0 bridgehead atoms. The number of anilines is 2. The third-order valence-corrected chi connectivity index (χ3v) is 5.38. The van der Waals surface area contributed by atoms with E-state index in [0.29, 0.717) is 30.3 Å². The molecule has 0 spiro atoms. The maximum absolute atomic E-state index is 12.6. The van der Waals surface area contributed by atoms with Gasteiger partial charge in [-0.05, 0) is 47.9 Å². The van der Waals surface area contributed by atoms with Crippen LogP contribution in [0.15, 0.2) is 42.5 Å². The lowest BCUT2D eigenvalue weighted by molar-refractivity contribution is -0.137. The van der Waals surface area contributed by atoms with Crippen LogP contribution in [0.4, 0.5) is 24.0 Å². The molecule has 1 aliphatic heterocycles. The number of aromatic nitrogens is 2. The largest absolute Gasteiger partial charge is 0.416 e. The van der Waals surface area contributed by atoms with Gasteiger partial charge in [-0.1, -0.05) is 12.1 Å². The van der Waals surface area contributed by atoms with Gasteiger partial charge in [0, 0.05) is 35.4 Å². The van der Waals surface area contributed by atoms with Crippen LogP contribution in [0, 0.1) is 0 Å². The minimum atomic E-state index is -4.34. The van der Waals surface area contributed by atoms with Gasteiger partial charge in [0.15, 0.2) is 5.82 Å². The molecular formula is C20H18F3N5OS. The number of fused-ring (bicyclic) bond motifs is 1. The molecule has 3 aromatic rings. The van der Waals surface area contributed by atoms with Crippen molar-refractivity contribution >= 4 is 28.3 Å². The number of amides is 1. The second-order valence-electron chi connectivity index (χ2n) is 7.06. The standard InChI is InChI=1S/C20H18F3N5OS/c21-20(22,23)14-4-1-11(2-5-14)7-15(24)10-25-19-27-18(28-30-19)12-3-6-16-13(8-12)9-17(29)26-16/h1-6,8,15H,7,9-10,24H2,(H,26,29)(H,25,27,28)/t15-/m0/s1. The Bertz CT molecular complexity index is 1070. The number of nitrogens with one attached hydrogen (secondary N) is 2. The summed E-state index contributed by atoms with van der Waals surface area (Å²) in [6.07, 6.45) is -3.57. The summed E-state index contributed by atoms with van der Waals surface area (Å²) in [6.45, 7) is 0.401. The van der Waals surface area contributed by atoms with E-state index in [1.807, 2.05) is 18.2 Å². The summed E-state index contributed by atoms with van der Waals surface area (Å²) in [5, 5.41) is 6.51. The average molecular weight is 433 g/mol. The Morgan fingerprint density at radius 1 is 1.20 bits per heavy atom. The fourth-order valence-electron chi connectivity index (χ4n) is 3.20.